The third-order valence-corrected chi connectivity index (χ3v) is 7.39. The molecule has 3 aromatic rings. The molecule has 0 spiro atoms. The fraction of sp³-hybridized carbons (Fsp3) is 0.321. The average Bonchev–Trinajstić information content (AvgIpc) is 2.83. The lowest BCUT2D eigenvalue weighted by Gasteiger charge is -2.33. The lowest BCUT2D eigenvalue weighted by Crippen LogP contribution is -2.32. The maximum atomic E-state index is 11.2. The Balaban J connectivity index is 1.33. The Morgan fingerprint density at radius 2 is 1.76 bits per heavy atom. The maximum absolute atomic E-state index is 11.2. The van der Waals surface area contributed by atoms with Gasteiger partial charge in [-0.2, -0.15) is 5.06 Å². The Hall–Kier alpha value is -2.60. The van der Waals surface area contributed by atoms with Crippen molar-refractivity contribution in [3.05, 3.63) is 89.0 Å². The second-order valence-corrected chi connectivity index (χ2v) is 9.91. The van der Waals surface area contributed by atoms with E-state index in [9.17, 15) is 4.79 Å². The number of amides is 1. The van der Waals surface area contributed by atoms with Gasteiger partial charge in [-0.15, -0.1) is 0 Å². The molecule has 0 aromatic heterocycles. The van der Waals surface area contributed by atoms with Gasteiger partial charge in [0.1, 0.15) is 0 Å². The average molecular weight is 461 g/mol. The first-order valence-electron chi connectivity index (χ1n) is 11.5. The number of likely N-dealkylation sites (tertiary alicyclic amines) is 1. The molecule has 172 valence electrons. The Morgan fingerprint density at radius 3 is 2.42 bits per heavy atom. The van der Waals surface area contributed by atoms with Crippen LogP contribution in [0.3, 0.4) is 0 Å². The summed E-state index contributed by atoms with van der Waals surface area (Å²) >= 11 is 1.81. The van der Waals surface area contributed by atoms with Crippen LogP contribution in [0.5, 0.6) is 0 Å². The highest BCUT2D eigenvalue weighted by Gasteiger charge is 2.23. The van der Waals surface area contributed by atoms with Crippen LogP contribution in [-0.4, -0.2) is 31.5 Å². The molecule has 1 aliphatic rings. The Labute approximate surface area is 201 Å². The predicted octanol–water partition coefficient (Wildman–Crippen LogP) is 6.36. The number of hydrogen-bond acceptors (Lipinski definition) is 4. The molecule has 1 heterocycles. The zero-order valence-corrected chi connectivity index (χ0v) is 20.5. The number of anilines is 1. The van der Waals surface area contributed by atoms with Crippen LogP contribution in [-0.2, 0) is 16.2 Å². The molecule has 1 fully saturated rings. The van der Waals surface area contributed by atoms with Gasteiger partial charge in [-0.3, -0.25) is 14.5 Å². The molecule has 5 heteroatoms. The monoisotopic (exact) mass is 460 g/mol. The molecule has 0 aliphatic carbocycles. The van der Waals surface area contributed by atoms with E-state index in [1.807, 2.05) is 17.8 Å². The molecule has 1 aliphatic heterocycles. The van der Waals surface area contributed by atoms with Gasteiger partial charge in [0.05, 0.1) is 12.8 Å². The third-order valence-electron chi connectivity index (χ3n) is 6.39. The summed E-state index contributed by atoms with van der Waals surface area (Å²) in [5.41, 5.74) is 6.05. The van der Waals surface area contributed by atoms with Crippen molar-refractivity contribution in [1.82, 2.24) is 4.90 Å². The first-order chi connectivity index (χ1) is 16.1. The smallest absolute Gasteiger partial charge is 0.238 e. The fourth-order valence-corrected chi connectivity index (χ4v) is 5.49. The van der Waals surface area contributed by atoms with Crippen LogP contribution in [0, 0.1) is 13.8 Å². The molecular weight excluding hydrogens is 428 g/mol. The van der Waals surface area contributed by atoms with Crippen LogP contribution in [0.4, 0.5) is 5.69 Å². The molecule has 1 saturated heterocycles. The van der Waals surface area contributed by atoms with E-state index in [-0.39, 0.29) is 0 Å². The molecule has 0 bridgehead atoms. The van der Waals surface area contributed by atoms with Crippen molar-refractivity contribution in [1.29, 1.82) is 0 Å². The molecule has 1 amide bonds. The van der Waals surface area contributed by atoms with Gasteiger partial charge >= 0.3 is 0 Å². The summed E-state index contributed by atoms with van der Waals surface area (Å²) in [6.07, 6.45) is 2.96. The predicted molar refractivity (Wildman–Crippen MR) is 136 cm³/mol. The Morgan fingerprint density at radius 1 is 1.00 bits per heavy atom. The van der Waals surface area contributed by atoms with Gasteiger partial charge in [0.2, 0.25) is 6.41 Å². The molecule has 0 N–H and O–H groups in total. The van der Waals surface area contributed by atoms with Crippen LogP contribution < -0.4 is 5.06 Å². The molecule has 4 rings (SSSR count). The minimum Gasteiger partial charge on any atom is -0.299 e. The highest BCUT2D eigenvalue weighted by molar-refractivity contribution is 7.99. The van der Waals surface area contributed by atoms with Gasteiger partial charge in [-0.25, -0.2) is 0 Å². The summed E-state index contributed by atoms with van der Waals surface area (Å²) < 4.78 is 0. The lowest BCUT2D eigenvalue weighted by atomic mass is 9.86. The minimum absolute atomic E-state index is 0.514. The van der Waals surface area contributed by atoms with Gasteiger partial charge in [0, 0.05) is 16.3 Å². The number of carbonyl (C=O) groups is 1. The van der Waals surface area contributed by atoms with Gasteiger partial charge in [0.15, 0.2) is 0 Å². The summed E-state index contributed by atoms with van der Waals surface area (Å²) in [5.74, 6) is 0.514. The van der Waals surface area contributed by atoms with E-state index in [0.29, 0.717) is 12.3 Å². The van der Waals surface area contributed by atoms with Crippen molar-refractivity contribution in [2.24, 2.45) is 0 Å². The van der Waals surface area contributed by atoms with Crippen molar-refractivity contribution in [2.45, 2.75) is 48.9 Å². The fourth-order valence-electron chi connectivity index (χ4n) is 4.55. The first kappa shape index (κ1) is 23.6. The van der Waals surface area contributed by atoms with Crippen molar-refractivity contribution < 1.29 is 9.63 Å². The van der Waals surface area contributed by atoms with Crippen LogP contribution >= 0.6 is 11.8 Å². The topological polar surface area (TPSA) is 32.8 Å². The zero-order chi connectivity index (χ0) is 23.2. The number of hydrogen-bond donors (Lipinski definition) is 0. The normalized spacial score (nSPS) is 14.9. The molecule has 0 atom stereocenters. The second-order valence-electron chi connectivity index (χ2n) is 8.77. The van der Waals surface area contributed by atoms with Gasteiger partial charge in [-0.05, 0) is 98.8 Å². The van der Waals surface area contributed by atoms with Crippen LogP contribution in [0.15, 0.2) is 76.5 Å². The van der Waals surface area contributed by atoms with E-state index in [1.54, 1.807) is 0 Å². The molecule has 3 aromatic carbocycles. The van der Waals surface area contributed by atoms with Gasteiger partial charge in [-0.1, -0.05) is 47.7 Å². The summed E-state index contributed by atoms with van der Waals surface area (Å²) in [6, 6.07) is 23.8. The second kappa shape index (κ2) is 11.0. The third kappa shape index (κ3) is 6.05. The Bertz CT molecular complexity index is 1080. The largest absolute Gasteiger partial charge is 0.299 e. The number of piperidine rings is 1. The highest BCUT2D eigenvalue weighted by Crippen LogP contribution is 2.33. The van der Waals surface area contributed by atoms with E-state index in [4.69, 9.17) is 4.84 Å². The molecule has 4 nitrogen and oxygen atoms in total. The van der Waals surface area contributed by atoms with Crippen LogP contribution in [0.1, 0.15) is 41.0 Å². The summed E-state index contributed by atoms with van der Waals surface area (Å²) in [6.45, 7) is 7.43. The quantitative estimate of drug-likeness (QED) is 0.289. The minimum atomic E-state index is 0.514. The number of nitrogens with zero attached hydrogens (tertiary/aromatic N) is 2. The van der Waals surface area contributed by atoms with Crippen LogP contribution in [0.2, 0.25) is 0 Å². The van der Waals surface area contributed by atoms with Crippen molar-refractivity contribution in [2.75, 3.05) is 25.3 Å². The number of carbonyl (C=O) groups excluding carboxylic acids is 1. The van der Waals surface area contributed by atoms with Crippen LogP contribution in [0.25, 0.3) is 0 Å². The first-order valence-corrected chi connectivity index (χ1v) is 12.3. The maximum Gasteiger partial charge on any atom is 0.238 e. The number of rotatable bonds is 8. The molecule has 0 saturated carbocycles. The SMILES string of the molecule is CON(C=O)c1ccc(C)c(C2CCN(Cc3ccc(Sc4cccc(C)c4)cc3)CC2)c1. The van der Waals surface area contributed by atoms with Gasteiger partial charge < -0.3 is 0 Å². The van der Waals surface area contributed by atoms with E-state index < -0.39 is 0 Å². The molecular formula is C28H32N2O2S. The van der Waals surface area contributed by atoms with E-state index in [1.165, 1.54) is 44.2 Å². The zero-order valence-electron chi connectivity index (χ0n) is 19.7. The number of aryl methyl sites for hydroxylation is 2. The standard InChI is InChI=1S/C28H32N2O2S/c1-21-5-4-6-27(17-21)33-26-11-8-23(9-12-26)19-29-15-13-24(14-16-29)28-18-25(10-7-22(28)2)30(20-31)32-3/h4-12,17-18,20,24H,13-16,19H2,1-3H3. The van der Waals surface area contributed by atoms with E-state index in [2.05, 4.69) is 79.4 Å². The molecule has 33 heavy (non-hydrogen) atoms. The molecule has 0 unspecified atom stereocenters. The highest BCUT2D eigenvalue weighted by atomic mass is 32.2. The summed E-state index contributed by atoms with van der Waals surface area (Å²) in [5, 5.41) is 1.28. The van der Waals surface area contributed by atoms with E-state index >= 15 is 0 Å². The van der Waals surface area contributed by atoms with Crippen molar-refractivity contribution >= 4 is 23.9 Å². The van der Waals surface area contributed by atoms with E-state index in [0.717, 1.165) is 38.2 Å². The molecule has 0 radical (unpaired) electrons. The van der Waals surface area contributed by atoms with Gasteiger partial charge in [0.25, 0.3) is 0 Å². The van der Waals surface area contributed by atoms with Crippen molar-refractivity contribution in [3.8, 4) is 0 Å². The lowest BCUT2D eigenvalue weighted by molar-refractivity contribution is -0.112. The summed E-state index contributed by atoms with van der Waals surface area (Å²) in [4.78, 5) is 21.5. The number of hydroxylamine groups is 1. The van der Waals surface area contributed by atoms with Crippen molar-refractivity contribution in [3.63, 3.8) is 0 Å². The number of benzene rings is 3. The Kier molecular flexibility index (Phi) is 7.86. The summed E-state index contributed by atoms with van der Waals surface area (Å²) in [7, 11) is 1.51.